The van der Waals surface area contributed by atoms with Gasteiger partial charge in [0.25, 0.3) is 0 Å². The Hall–Kier alpha value is -2.90. The molecule has 0 atom stereocenters. The molecule has 0 aliphatic carbocycles. The summed E-state index contributed by atoms with van der Waals surface area (Å²) in [5, 5.41) is 8.97. The smallest absolute Gasteiger partial charge is 0.224 e. The number of nitrogens with zero attached hydrogens (tertiary/aromatic N) is 6. The first-order chi connectivity index (χ1) is 13.6. The van der Waals surface area contributed by atoms with Crippen molar-refractivity contribution in [2.75, 3.05) is 31.1 Å². The molecule has 1 amide bonds. The molecule has 4 rings (SSSR count). The van der Waals surface area contributed by atoms with Crippen LogP contribution < -0.4 is 4.90 Å². The van der Waals surface area contributed by atoms with Crippen LogP contribution in [0.2, 0.25) is 0 Å². The number of hydrogen-bond acceptors (Lipinski definition) is 4. The molecule has 0 N–H and O–H groups in total. The molecule has 2 aromatic heterocycles. The lowest BCUT2D eigenvalue weighted by atomic mass is 10.2. The molecule has 8 heteroatoms. The van der Waals surface area contributed by atoms with E-state index in [4.69, 9.17) is 0 Å². The zero-order valence-corrected chi connectivity index (χ0v) is 16.3. The highest BCUT2D eigenvalue weighted by Crippen LogP contribution is 2.19. The third-order valence-corrected chi connectivity index (χ3v) is 5.37. The van der Waals surface area contributed by atoms with Gasteiger partial charge in [0.15, 0.2) is 0 Å². The molecule has 7 nitrogen and oxygen atoms in total. The summed E-state index contributed by atoms with van der Waals surface area (Å²) < 4.78 is 16.9. The number of fused-ring (bicyclic) bond motifs is 1. The van der Waals surface area contributed by atoms with Gasteiger partial charge in [-0.1, -0.05) is 0 Å². The van der Waals surface area contributed by atoms with Gasteiger partial charge < -0.3 is 9.80 Å². The topological polar surface area (TPSA) is 59.2 Å². The number of hydrogen-bond donors (Lipinski definition) is 0. The fourth-order valence-corrected chi connectivity index (χ4v) is 3.85. The van der Waals surface area contributed by atoms with Gasteiger partial charge in [-0.25, -0.2) is 4.39 Å². The van der Waals surface area contributed by atoms with E-state index >= 15 is 0 Å². The molecule has 0 spiro atoms. The molecule has 1 fully saturated rings. The number of piperazine rings is 1. The molecule has 1 aliphatic heterocycles. The number of aromatic nitrogens is 4. The van der Waals surface area contributed by atoms with Crippen LogP contribution in [0.3, 0.4) is 0 Å². The Labute approximate surface area is 163 Å². The summed E-state index contributed by atoms with van der Waals surface area (Å²) in [5.74, 6) is -0.0899. The van der Waals surface area contributed by atoms with Crippen molar-refractivity contribution in [1.29, 1.82) is 0 Å². The maximum Gasteiger partial charge on any atom is 0.224 e. The van der Waals surface area contributed by atoms with Gasteiger partial charge in [-0.2, -0.15) is 10.2 Å². The molecule has 1 saturated heterocycles. The molecule has 1 aromatic carbocycles. The number of amides is 1. The predicted molar refractivity (Wildman–Crippen MR) is 106 cm³/mol. The summed E-state index contributed by atoms with van der Waals surface area (Å²) in [6.45, 7) is 8.25. The highest BCUT2D eigenvalue weighted by atomic mass is 19.1. The van der Waals surface area contributed by atoms with E-state index in [1.807, 2.05) is 27.4 Å². The Kier molecular flexibility index (Phi) is 5.02. The normalized spacial score (nSPS) is 14.8. The van der Waals surface area contributed by atoms with Gasteiger partial charge in [-0.15, -0.1) is 0 Å². The lowest BCUT2D eigenvalue weighted by Gasteiger charge is -2.36. The van der Waals surface area contributed by atoms with Crippen LogP contribution in [0, 0.1) is 12.7 Å². The molecule has 0 radical (unpaired) electrons. The predicted octanol–water partition coefficient (Wildman–Crippen LogP) is 2.44. The summed E-state index contributed by atoms with van der Waals surface area (Å²) in [7, 11) is 0. The first-order valence-electron chi connectivity index (χ1n) is 9.74. The van der Waals surface area contributed by atoms with Crippen molar-refractivity contribution >= 4 is 22.6 Å². The van der Waals surface area contributed by atoms with E-state index in [9.17, 15) is 9.18 Å². The van der Waals surface area contributed by atoms with Gasteiger partial charge in [0, 0.05) is 44.8 Å². The second-order valence-corrected chi connectivity index (χ2v) is 7.10. The Morgan fingerprint density at radius 2 is 1.82 bits per heavy atom. The third-order valence-electron chi connectivity index (χ3n) is 5.37. The van der Waals surface area contributed by atoms with Crippen LogP contribution in [0.5, 0.6) is 0 Å². The molecule has 0 saturated carbocycles. The Balaban J connectivity index is 1.34. The summed E-state index contributed by atoms with van der Waals surface area (Å²) >= 11 is 0. The average Bonchev–Trinajstić information content (AvgIpc) is 3.28. The first kappa shape index (κ1) is 18.5. The third kappa shape index (κ3) is 3.46. The standard InChI is InChI=1S/C20H25FN6O/c1-3-26-18-14-22-27(20(18)15(2)23-26)9-8-19(28)25-12-10-24(11-13-25)17-6-4-16(21)5-7-17/h4-7,14H,3,8-13H2,1-2H3. The van der Waals surface area contributed by atoms with Crippen molar-refractivity contribution in [3.8, 4) is 0 Å². The van der Waals surface area contributed by atoms with Crippen LogP contribution in [0.15, 0.2) is 30.5 Å². The van der Waals surface area contributed by atoms with E-state index in [1.165, 1.54) is 12.1 Å². The zero-order valence-electron chi connectivity index (χ0n) is 16.3. The van der Waals surface area contributed by atoms with E-state index in [2.05, 4.69) is 22.0 Å². The summed E-state index contributed by atoms with van der Waals surface area (Å²) in [5.41, 5.74) is 3.96. The SMILES string of the molecule is CCn1nc(C)c2c1cnn2CCC(=O)N1CCN(c2ccc(F)cc2)CC1. The Morgan fingerprint density at radius 3 is 2.50 bits per heavy atom. The molecular formula is C20H25FN6O. The zero-order chi connectivity index (χ0) is 19.7. The lowest BCUT2D eigenvalue weighted by molar-refractivity contribution is -0.131. The van der Waals surface area contributed by atoms with Crippen molar-refractivity contribution < 1.29 is 9.18 Å². The van der Waals surface area contributed by atoms with E-state index in [0.717, 1.165) is 42.0 Å². The number of halogens is 1. The van der Waals surface area contributed by atoms with Crippen LogP contribution >= 0.6 is 0 Å². The monoisotopic (exact) mass is 384 g/mol. The minimum absolute atomic E-state index is 0.142. The van der Waals surface area contributed by atoms with Gasteiger partial charge in [0.05, 0.1) is 18.4 Å². The number of carbonyl (C=O) groups excluding carboxylic acids is 1. The number of aryl methyl sites for hydroxylation is 3. The fourth-order valence-electron chi connectivity index (χ4n) is 3.85. The second-order valence-electron chi connectivity index (χ2n) is 7.10. The molecular weight excluding hydrogens is 359 g/mol. The summed E-state index contributed by atoms with van der Waals surface area (Å²) in [4.78, 5) is 16.7. The minimum Gasteiger partial charge on any atom is -0.368 e. The van der Waals surface area contributed by atoms with Gasteiger partial charge in [0.2, 0.25) is 5.91 Å². The number of anilines is 1. The number of rotatable bonds is 5. The highest BCUT2D eigenvalue weighted by Gasteiger charge is 2.22. The van der Waals surface area contributed by atoms with Gasteiger partial charge in [-0.3, -0.25) is 14.2 Å². The van der Waals surface area contributed by atoms with Crippen molar-refractivity contribution in [3.63, 3.8) is 0 Å². The second kappa shape index (κ2) is 7.61. The van der Waals surface area contributed by atoms with E-state index in [0.29, 0.717) is 26.1 Å². The maximum atomic E-state index is 13.1. The Morgan fingerprint density at radius 1 is 1.11 bits per heavy atom. The van der Waals surface area contributed by atoms with E-state index in [-0.39, 0.29) is 11.7 Å². The van der Waals surface area contributed by atoms with Crippen molar-refractivity contribution in [2.45, 2.75) is 33.4 Å². The van der Waals surface area contributed by atoms with Crippen molar-refractivity contribution in [1.82, 2.24) is 24.5 Å². The van der Waals surface area contributed by atoms with Gasteiger partial charge in [0.1, 0.15) is 16.9 Å². The molecule has 0 bridgehead atoms. The largest absolute Gasteiger partial charge is 0.368 e. The fraction of sp³-hybridized carbons (Fsp3) is 0.450. The van der Waals surface area contributed by atoms with Crippen LogP contribution in [-0.2, 0) is 17.9 Å². The molecule has 3 aromatic rings. The maximum absolute atomic E-state index is 13.1. The van der Waals surface area contributed by atoms with E-state index < -0.39 is 0 Å². The van der Waals surface area contributed by atoms with Crippen molar-refractivity contribution in [3.05, 3.63) is 42.0 Å². The molecule has 1 aliphatic rings. The number of carbonyl (C=O) groups is 1. The van der Waals surface area contributed by atoms with Crippen LogP contribution in [-0.4, -0.2) is 56.5 Å². The summed E-state index contributed by atoms with van der Waals surface area (Å²) in [6, 6.07) is 6.52. The molecule has 3 heterocycles. The van der Waals surface area contributed by atoms with E-state index in [1.54, 1.807) is 12.1 Å². The lowest BCUT2D eigenvalue weighted by Crippen LogP contribution is -2.49. The van der Waals surface area contributed by atoms with Crippen LogP contribution in [0.4, 0.5) is 10.1 Å². The number of benzene rings is 1. The van der Waals surface area contributed by atoms with Crippen molar-refractivity contribution in [2.24, 2.45) is 0 Å². The highest BCUT2D eigenvalue weighted by molar-refractivity contribution is 5.79. The summed E-state index contributed by atoms with van der Waals surface area (Å²) in [6.07, 6.45) is 2.24. The molecule has 0 unspecified atom stereocenters. The minimum atomic E-state index is -0.231. The first-order valence-corrected chi connectivity index (χ1v) is 9.74. The van der Waals surface area contributed by atoms with Crippen LogP contribution in [0.1, 0.15) is 19.0 Å². The Bertz CT molecular complexity index is 969. The quantitative estimate of drug-likeness (QED) is 0.678. The molecule has 28 heavy (non-hydrogen) atoms. The van der Waals surface area contributed by atoms with Crippen LogP contribution in [0.25, 0.3) is 11.0 Å². The van der Waals surface area contributed by atoms with Gasteiger partial charge >= 0.3 is 0 Å². The molecule has 148 valence electrons. The average molecular weight is 384 g/mol. The van der Waals surface area contributed by atoms with Gasteiger partial charge in [-0.05, 0) is 38.1 Å².